The van der Waals surface area contributed by atoms with Gasteiger partial charge in [0.2, 0.25) is 10.0 Å². The number of likely N-dealkylation sites (tertiary alicyclic amines) is 1. The number of carbonyl (C=O) groups excluding carboxylic acids is 1. The Balaban J connectivity index is 2.19. The molecule has 130 valence electrons. The summed E-state index contributed by atoms with van der Waals surface area (Å²) in [6.07, 6.45) is 4.54. The van der Waals surface area contributed by atoms with Crippen molar-refractivity contribution in [1.29, 1.82) is 0 Å². The monoisotopic (exact) mass is 342 g/mol. The second kappa shape index (κ2) is 7.02. The lowest BCUT2D eigenvalue weighted by molar-refractivity contribution is 0.0787. The lowest BCUT2D eigenvalue weighted by Gasteiger charge is -2.30. The average Bonchev–Trinajstić information content (AvgIpc) is 3.23. The van der Waals surface area contributed by atoms with Gasteiger partial charge in [0.05, 0.1) is 0 Å². The summed E-state index contributed by atoms with van der Waals surface area (Å²) >= 11 is 0. The summed E-state index contributed by atoms with van der Waals surface area (Å²) in [5, 5.41) is 0. The van der Waals surface area contributed by atoms with Crippen molar-refractivity contribution in [1.82, 2.24) is 14.6 Å². The normalized spacial score (nSPS) is 16.0. The number of H-pyrrole nitrogens is 1. The molecule has 0 saturated carbocycles. The maximum absolute atomic E-state index is 12.6. The zero-order valence-electron chi connectivity index (χ0n) is 13.8. The van der Waals surface area contributed by atoms with E-state index in [0.717, 1.165) is 25.9 Å². The van der Waals surface area contributed by atoms with Crippen LogP contribution in [0.5, 0.6) is 0 Å². The lowest BCUT2D eigenvalue weighted by atomic mass is 9.95. The molecule has 2 rings (SSSR count). The molecule has 0 bridgehead atoms. The number of rotatable bonds is 7. The quantitative estimate of drug-likeness (QED) is 0.688. The van der Waals surface area contributed by atoms with Crippen LogP contribution in [0.3, 0.4) is 0 Å². The van der Waals surface area contributed by atoms with E-state index in [4.69, 9.17) is 5.73 Å². The Morgan fingerprint density at radius 3 is 2.48 bits per heavy atom. The van der Waals surface area contributed by atoms with Gasteiger partial charge in [0.1, 0.15) is 10.6 Å². The van der Waals surface area contributed by atoms with Crippen LogP contribution in [0.25, 0.3) is 0 Å². The number of nitrogens with two attached hydrogens (primary N) is 1. The first-order chi connectivity index (χ1) is 10.9. The van der Waals surface area contributed by atoms with E-state index in [0.29, 0.717) is 18.5 Å². The Labute approximate surface area is 137 Å². The molecular weight excluding hydrogens is 316 g/mol. The molecular formula is C15H26N4O3S. The molecule has 23 heavy (non-hydrogen) atoms. The Kier molecular flexibility index (Phi) is 5.49. The van der Waals surface area contributed by atoms with Crippen LogP contribution < -0.4 is 10.5 Å². The molecule has 4 N–H and O–H groups in total. The number of nitrogens with zero attached hydrogens (tertiary/aromatic N) is 1. The predicted molar refractivity (Wildman–Crippen MR) is 88.6 cm³/mol. The molecule has 0 aliphatic carbocycles. The van der Waals surface area contributed by atoms with Gasteiger partial charge in [-0.2, -0.15) is 0 Å². The molecule has 0 spiro atoms. The van der Waals surface area contributed by atoms with Gasteiger partial charge in [-0.15, -0.1) is 0 Å². The third kappa shape index (κ3) is 3.76. The lowest BCUT2D eigenvalue weighted by Crippen LogP contribution is -2.52. The molecule has 1 aromatic heterocycles. The van der Waals surface area contributed by atoms with Gasteiger partial charge in [0.25, 0.3) is 5.91 Å². The van der Waals surface area contributed by atoms with Gasteiger partial charge >= 0.3 is 0 Å². The predicted octanol–water partition coefficient (Wildman–Crippen LogP) is 1.05. The van der Waals surface area contributed by atoms with Crippen LogP contribution in [0.4, 0.5) is 0 Å². The van der Waals surface area contributed by atoms with Crippen molar-refractivity contribution in [2.45, 2.75) is 50.0 Å². The van der Waals surface area contributed by atoms with Crippen LogP contribution >= 0.6 is 0 Å². The average molecular weight is 342 g/mol. The van der Waals surface area contributed by atoms with E-state index < -0.39 is 15.6 Å². The number of aromatic amines is 1. The number of aromatic nitrogens is 1. The molecule has 7 nitrogen and oxygen atoms in total. The Morgan fingerprint density at radius 2 is 1.96 bits per heavy atom. The SMILES string of the molecule is CCC(CC)(CN)NS(=O)(=O)c1c[nH]c(C(=O)N2CCCC2)c1. The number of amides is 1. The molecule has 8 heteroatoms. The summed E-state index contributed by atoms with van der Waals surface area (Å²) < 4.78 is 27.8. The van der Waals surface area contributed by atoms with Crippen molar-refractivity contribution in [3.8, 4) is 0 Å². The maximum atomic E-state index is 12.6. The fourth-order valence-corrected chi connectivity index (χ4v) is 4.36. The second-order valence-electron chi connectivity index (χ2n) is 6.05. The standard InChI is InChI=1S/C15H26N4O3S/c1-3-15(4-2,11-16)18-23(21,22)12-9-13(17-10-12)14(20)19-7-5-6-8-19/h9-10,17-18H,3-8,11,16H2,1-2H3. The minimum absolute atomic E-state index is 0.0692. The van der Waals surface area contributed by atoms with Crippen molar-refractivity contribution < 1.29 is 13.2 Å². The third-order valence-electron chi connectivity index (χ3n) is 4.69. The van der Waals surface area contributed by atoms with Gasteiger partial charge in [-0.05, 0) is 31.7 Å². The highest BCUT2D eigenvalue weighted by Crippen LogP contribution is 2.20. The van der Waals surface area contributed by atoms with Crippen molar-refractivity contribution in [3.63, 3.8) is 0 Å². The highest BCUT2D eigenvalue weighted by molar-refractivity contribution is 7.89. The zero-order chi connectivity index (χ0) is 17.1. The molecule has 1 saturated heterocycles. The first kappa shape index (κ1) is 18.0. The topological polar surface area (TPSA) is 108 Å². The largest absolute Gasteiger partial charge is 0.356 e. The fraction of sp³-hybridized carbons (Fsp3) is 0.667. The van der Waals surface area contributed by atoms with Crippen LogP contribution in [0.15, 0.2) is 17.2 Å². The van der Waals surface area contributed by atoms with Crippen LogP contribution in [0.2, 0.25) is 0 Å². The fourth-order valence-electron chi connectivity index (χ4n) is 2.81. The number of sulfonamides is 1. The van der Waals surface area contributed by atoms with Crippen LogP contribution in [0.1, 0.15) is 50.0 Å². The van der Waals surface area contributed by atoms with Gasteiger partial charge < -0.3 is 15.6 Å². The van der Waals surface area contributed by atoms with Crippen LogP contribution in [-0.2, 0) is 10.0 Å². The van der Waals surface area contributed by atoms with E-state index >= 15 is 0 Å². The van der Waals surface area contributed by atoms with E-state index in [1.54, 1.807) is 4.90 Å². The minimum atomic E-state index is -3.72. The molecule has 1 aromatic rings. The number of hydrogen-bond donors (Lipinski definition) is 3. The van der Waals surface area contributed by atoms with Gasteiger partial charge in [-0.25, -0.2) is 13.1 Å². The Hall–Kier alpha value is -1.38. The van der Waals surface area contributed by atoms with Crippen LogP contribution in [0, 0.1) is 0 Å². The minimum Gasteiger partial charge on any atom is -0.356 e. The molecule has 0 aromatic carbocycles. The van der Waals surface area contributed by atoms with E-state index in [1.165, 1.54) is 12.3 Å². The zero-order valence-corrected chi connectivity index (χ0v) is 14.6. The van der Waals surface area contributed by atoms with Gasteiger partial charge in [-0.1, -0.05) is 13.8 Å². The molecule has 0 unspecified atom stereocenters. The number of hydrogen-bond acceptors (Lipinski definition) is 4. The first-order valence-corrected chi connectivity index (χ1v) is 9.57. The van der Waals surface area contributed by atoms with Gasteiger partial charge in [0.15, 0.2) is 0 Å². The van der Waals surface area contributed by atoms with Crippen LogP contribution in [-0.4, -0.2) is 49.4 Å². The summed E-state index contributed by atoms with van der Waals surface area (Å²) in [4.78, 5) is 16.9. The summed E-state index contributed by atoms with van der Waals surface area (Å²) in [5.74, 6) is -0.153. The molecule has 1 aliphatic heterocycles. The highest BCUT2D eigenvalue weighted by Gasteiger charge is 2.32. The molecule has 0 radical (unpaired) electrons. The highest BCUT2D eigenvalue weighted by atomic mass is 32.2. The van der Waals surface area contributed by atoms with E-state index in [2.05, 4.69) is 9.71 Å². The summed E-state index contributed by atoms with van der Waals surface area (Å²) in [7, 11) is -3.72. The summed E-state index contributed by atoms with van der Waals surface area (Å²) in [6, 6.07) is 1.40. The smallest absolute Gasteiger partial charge is 0.270 e. The Morgan fingerprint density at radius 1 is 1.35 bits per heavy atom. The Bertz CT molecular complexity index is 635. The second-order valence-corrected chi connectivity index (χ2v) is 7.73. The van der Waals surface area contributed by atoms with E-state index in [9.17, 15) is 13.2 Å². The van der Waals surface area contributed by atoms with Crippen molar-refractivity contribution in [3.05, 3.63) is 18.0 Å². The molecule has 1 aliphatic rings. The van der Waals surface area contributed by atoms with Crippen molar-refractivity contribution in [2.75, 3.05) is 19.6 Å². The van der Waals surface area contributed by atoms with Gasteiger partial charge in [-0.3, -0.25) is 4.79 Å². The molecule has 2 heterocycles. The van der Waals surface area contributed by atoms with Gasteiger partial charge in [0, 0.05) is 31.4 Å². The maximum Gasteiger partial charge on any atom is 0.270 e. The number of nitrogens with one attached hydrogen (secondary N) is 2. The van der Waals surface area contributed by atoms with E-state index in [1.807, 2.05) is 13.8 Å². The summed E-state index contributed by atoms with van der Waals surface area (Å²) in [5.41, 5.74) is 5.40. The molecule has 1 amide bonds. The first-order valence-electron chi connectivity index (χ1n) is 8.09. The van der Waals surface area contributed by atoms with E-state index in [-0.39, 0.29) is 17.3 Å². The number of carbonyl (C=O) groups is 1. The summed E-state index contributed by atoms with van der Waals surface area (Å²) in [6.45, 7) is 5.47. The molecule has 1 fully saturated rings. The molecule has 0 atom stereocenters. The van der Waals surface area contributed by atoms with Crippen molar-refractivity contribution in [2.24, 2.45) is 5.73 Å². The van der Waals surface area contributed by atoms with Crippen molar-refractivity contribution >= 4 is 15.9 Å². The third-order valence-corrected chi connectivity index (χ3v) is 6.24.